The van der Waals surface area contributed by atoms with Crippen molar-refractivity contribution in [2.24, 2.45) is 0 Å². The minimum atomic E-state index is -2.71. The Morgan fingerprint density at radius 3 is 1.28 bits per heavy atom. The van der Waals surface area contributed by atoms with Crippen molar-refractivity contribution in [1.82, 2.24) is 9.13 Å². The molecular formula is C72H50N2Si2. The highest BCUT2D eigenvalue weighted by atomic mass is 28.3. The van der Waals surface area contributed by atoms with Crippen molar-refractivity contribution in [2.45, 2.75) is 0 Å². The molecule has 76 heavy (non-hydrogen) atoms. The van der Waals surface area contributed by atoms with E-state index in [4.69, 9.17) is 0 Å². The first-order valence-corrected chi connectivity index (χ1v) is 30.4. The standard InChI is InChI=1S/C72H50N2Si2/c1-6-25-52(26-7-1)75(53-27-8-2-9-28-53,54-29-10-3-11-30-54)57-49-47-51(48-50-57)73-63-40-19-17-36-61(63)72-66(73)43-24-44-67(72)74-64-41-20-16-35-60(64)70-58(38-22-42-65(70)74)59-39-23-46-69-71(59)62-37-18-21-45-68(62)76(69,55-31-12-4-13-32-55)56-33-14-5-15-34-56/h1-50H. The Morgan fingerprint density at radius 1 is 0.263 bits per heavy atom. The van der Waals surface area contributed by atoms with Crippen LogP contribution in [0.2, 0.25) is 0 Å². The van der Waals surface area contributed by atoms with Gasteiger partial charge in [0.2, 0.25) is 0 Å². The summed E-state index contributed by atoms with van der Waals surface area (Å²) in [5, 5.41) is 16.1. The van der Waals surface area contributed by atoms with Gasteiger partial charge in [-0.15, -0.1) is 0 Å². The number of rotatable bonds is 9. The van der Waals surface area contributed by atoms with Crippen LogP contribution in [-0.2, 0) is 0 Å². The fraction of sp³-hybridized carbons (Fsp3) is 0. The van der Waals surface area contributed by atoms with Crippen LogP contribution in [0.5, 0.6) is 0 Å². The summed E-state index contributed by atoms with van der Waals surface area (Å²) >= 11 is 0. The van der Waals surface area contributed by atoms with E-state index in [1.54, 1.807) is 0 Å². The van der Waals surface area contributed by atoms with E-state index < -0.39 is 16.1 Å². The fourth-order valence-corrected chi connectivity index (χ4v) is 23.6. The first kappa shape index (κ1) is 44.2. The van der Waals surface area contributed by atoms with Crippen molar-refractivity contribution in [3.8, 4) is 33.6 Å². The number of aromatic nitrogens is 2. The molecular weight excluding hydrogens is 949 g/mol. The average Bonchev–Trinajstić information content (AvgIpc) is 4.32. The van der Waals surface area contributed by atoms with Crippen LogP contribution in [0.3, 0.4) is 0 Å². The molecule has 0 atom stereocenters. The quantitative estimate of drug-likeness (QED) is 0.101. The Hall–Kier alpha value is -9.33. The molecule has 14 aromatic rings. The molecule has 12 aromatic carbocycles. The second kappa shape index (κ2) is 17.7. The Labute approximate surface area is 444 Å². The van der Waals surface area contributed by atoms with Gasteiger partial charge in [0, 0.05) is 27.2 Å². The SMILES string of the molecule is c1ccc([Si](c2ccccc2)(c2ccccc2)c2ccc(-n3c4ccccc4c4c(-n5c6ccccc6c6c(-c7cccc8c7-c7ccccc7[Si]8(c7ccccc7)c7ccccc7)cccc65)cccc43)cc2)cc1. The lowest BCUT2D eigenvalue weighted by Crippen LogP contribution is -2.74. The van der Waals surface area contributed by atoms with Crippen molar-refractivity contribution in [3.63, 3.8) is 0 Å². The highest BCUT2D eigenvalue weighted by Gasteiger charge is 2.49. The van der Waals surface area contributed by atoms with Gasteiger partial charge in [0.25, 0.3) is 0 Å². The Balaban J connectivity index is 0.943. The van der Waals surface area contributed by atoms with Crippen molar-refractivity contribution in [3.05, 3.63) is 303 Å². The molecule has 0 unspecified atom stereocenters. The normalized spacial score (nSPS) is 12.8. The molecule has 0 spiro atoms. The van der Waals surface area contributed by atoms with E-state index in [0.717, 1.165) is 5.69 Å². The molecule has 4 heteroatoms. The largest absolute Gasteiger partial charge is 0.309 e. The minimum absolute atomic E-state index is 1.14. The monoisotopic (exact) mass is 998 g/mol. The third-order valence-electron chi connectivity index (χ3n) is 16.6. The van der Waals surface area contributed by atoms with E-state index in [0.29, 0.717) is 0 Å². The van der Waals surface area contributed by atoms with Crippen molar-refractivity contribution < 1.29 is 0 Å². The molecule has 0 bridgehead atoms. The third kappa shape index (κ3) is 6.32. The maximum Gasteiger partial charge on any atom is 0.180 e. The number of hydrogen-bond donors (Lipinski definition) is 0. The second-order valence-corrected chi connectivity index (χ2v) is 27.8. The molecule has 0 amide bonds. The maximum absolute atomic E-state index is 2.71. The number of fused-ring (bicyclic) bond motifs is 9. The van der Waals surface area contributed by atoms with Crippen molar-refractivity contribution in [1.29, 1.82) is 0 Å². The van der Waals surface area contributed by atoms with Gasteiger partial charge in [0.1, 0.15) is 0 Å². The lowest BCUT2D eigenvalue weighted by Gasteiger charge is -2.34. The molecule has 0 fully saturated rings. The second-order valence-electron chi connectivity index (χ2n) is 20.2. The summed E-state index contributed by atoms with van der Waals surface area (Å²) in [5.74, 6) is 0. The number of hydrogen-bond acceptors (Lipinski definition) is 0. The van der Waals surface area contributed by atoms with Gasteiger partial charge in [0.15, 0.2) is 16.1 Å². The minimum Gasteiger partial charge on any atom is -0.309 e. The maximum atomic E-state index is 2.54. The van der Waals surface area contributed by atoms with Gasteiger partial charge in [0.05, 0.1) is 27.8 Å². The molecule has 1 aliphatic heterocycles. The number of nitrogens with zero attached hydrogens (tertiary/aromatic N) is 2. The third-order valence-corrected chi connectivity index (χ3v) is 26.2. The fourth-order valence-electron chi connectivity index (χ4n) is 13.6. The van der Waals surface area contributed by atoms with E-state index in [2.05, 4.69) is 312 Å². The summed E-state index contributed by atoms with van der Waals surface area (Å²) in [6.45, 7) is 0. The molecule has 2 nitrogen and oxygen atoms in total. The summed E-state index contributed by atoms with van der Waals surface area (Å²) in [7, 11) is -5.42. The number of benzene rings is 12. The molecule has 0 N–H and O–H groups in total. The Bertz CT molecular complexity index is 4350. The zero-order chi connectivity index (χ0) is 50.2. The van der Waals surface area contributed by atoms with Gasteiger partial charge in [-0.3, -0.25) is 0 Å². The summed E-state index contributed by atoms with van der Waals surface area (Å²) in [5.41, 5.74) is 12.3. The van der Waals surface area contributed by atoms with Crippen LogP contribution < -0.4 is 41.5 Å². The topological polar surface area (TPSA) is 9.86 Å². The van der Waals surface area contributed by atoms with Crippen LogP contribution in [0.15, 0.2) is 303 Å². The van der Waals surface area contributed by atoms with Crippen molar-refractivity contribution >= 4 is 101 Å². The van der Waals surface area contributed by atoms with E-state index in [1.807, 2.05) is 0 Å². The van der Waals surface area contributed by atoms with Crippen molar-refractivity contribution in [2.75, 3.05) is 0 Å². The molecule has 0 aliphatic carbocycles. The number of para-hydroxylation sites is 2. The van der Waals surface area contributed by atoms with Crippen LogP contribution in [-0.4, -0.2) is 25.3 Å². The van der Waals surface area contributed by atoms with E-state index in [-0.39, 0.29) is 0 Å². The van der Waals surface area contributed by atoms with Crippen LogP contribution in [0.25, 0.3) is 77.2 Å². The Kier molecular flexibility index (Phi) is 10.3. The highest BCUT2D eigenvalue weighted by molar-refractivity contribution is 7.22. The molecule has 15 rings (SSSR count). The zero-order valence-electron chi connectivity index (χ0n) is 41.8. The smallest absolute Gasteiger partial charge is 0.180 e. The van der Waals surface area contributed by atoms with E-state index in [9.17, 15) is 0 Å². The van der Waals surface area contributed by atoms with E-state index in [1.165, 1.54) is 113 Å². The van der Waals surface area contributed by atoms with Crippen LogP contribution in [0.1, 0.15) is 0 Å². The predicted molar refractivity (Wildman–Crippen MR) is 327 cm³/mol. The summed E-state index contributed by atoms with van der Waals surface area (Å²) in [4.78, 5) is 0. The molecule has 2 aromatic heterocycles. The average molecular weight is 999 g/mol. The Morgan fingerprint density at radius 2 is 0.671 bits per heavy atom. The summed E-state index contributed by atoms with van der Waals surface area (Å²) in [6, 6.07) is 114. The molecule has 1 aliphatic rings. The van der Waals surface area contributed by atoms with Crippen LogP contribution in [0, 0.1) is 0 Å². The van der Waals surface area contributed by atoms with Gasteiger partial charge >= 0.3 is 0 Å². The first-order chi connectivity index (χ1) is 37.8. The zero-order valence-corrected chi connectivity index (χ0v) is 43.8. The summed E-state index contributed by atoms with van der Waals surface area (Å²) in [6.07, 6.45) is 0. The van der Waals surface area contributed by atoms with Gasteiger partial charge in [-0.2, -0.15) is 0 Å². The van der Waals surface area contributed by atoms with Gasteiger partial charge in [-0.05, 0) is 106 Å². The molecule has 0 saturated carbocycles. The van der Waals surface area contributed by atoms with Gasteiger partial charge in [-0.25, -0.2) is 0 Å². The lowest BCUT2D eigenvalue weighted by molar-refractivity contribution is 1.17. The van der Waals surface area contributed by atoms with Crippen LogP contribution >= 0.6 is 0 Å². The molecule has 356 valence electrons. The molecule has 0 saturated heterocycles. The summed E-state index contributed by atoms with van der Waals surface area (Å²) < 4.78 is 5.02. The lowest BCUT2D eigenvalue weighted by atomic mass is 9.92. The molecule has 0 radical (unpaired) electrons. The predicted octanol–water partition coefficient (Wildman–Crippen LogP) is 12.3. The van der Waals surface area contributed by atoms with E-state index >= 15 is 0 Å². The highest BCUT2D eigenvalue weighted by Crippen LogP contribution is 2.45. The molecule has 3 heterocycles. The van der Waals surface area contributed by atoms with Crippen LogP contribution in [0.4, 0.5) is 0 Å². The first-order valence-electron chi connectivity index (χ1n) is 26.4. The van der Waals surface area contributed by atoms with Gasteiger partial charge in [-0.1, -0.05) is 261 Å². The van der Waals surface area contributed by atoms with Gasteiger partial charge < -0.3 is 9.13 Å².